The van der Waals surface area contributed by atoms with Crippen LogP contribution in [0.3, 0.4) is 0 Å². The first kappa shape index (κ1) is 16.2. The van der Waals surface area contributed by atoms with Crippen LogP contribution in [-0.4, -0.2) is 44.0 Å². The highest BCUT2D eigenvalue weighted by Crippen LogP contribution is 2.13. The molecule has 0 amide bonds. The summed E-state index contributed by atoms with van der Waals surface area (Å²) in [5, 5.41) is 0. The highest BCUT2D eigenvalue weighted by molar-refractivity contribution is 7.89. The van der Waals surface area contributed by atoms with Gasteiger partial charge in [0.2, 0.25) is 15.5 Å². The first-order valence-corrected chi connectivity index (χ1v) is 8.93. The molecule has 21 heavy (non-hydrogen) atoms. The molecule has 1 aromatic rings. The number of H-pyrrole nitrogens is 1. The molecule has 0 unspecified atom stereocenters. The number of pyridine rings is 1. The molecule has 0 spiro atoms. The summed E-state index contributed by atoms with van der Waals surface area (Å²) < 4.78 is 27.1. The third-order valence-corrected chi connectivity index (χ3v) is 5.36. The predicted molar refractivity (Wildman–Crippen MR) is 81.8 cm³/mol. The lowest BCUT2D eigenvalue weighted by atomic mass is 10.1. The van der Waals surface area contributed by atoms with E-state index in [1.165, 1.54) is 31.3 Å². The minimum atomic E-state index is -3.74. The fourth-order valence-corrected chi connectivity index (χ4v) is 3.91. The third-order valence-electron chi connectivity index (χ3n) is 3.82. The average molecular weight is 313 g/mol. The molecule has 1 aliphatic heterocycles. The molecule has 2 heterocycles. The van der Waals surface area contributed by atoms with E-state index >= 15 is 0 Å². The number of rotatable bonds is 6. The summed E-state index contributed by atoms with van der Waals surface area (Å²) in [7, 11) is -3.74. The molecule has 2 N–H and O–H groups in total. The first-order chi connectivity index (χ1) is 10.0. The standard InChI is InChI=1S/C14H23N3O3S/c1-2-3-8-17-9-5-12(6-10-17)16-21(19,20)14-11-15-7-4-13(14)18/h4,7,11-12,16H,2-3,5-6,8-10H2,1H3,(H,15,18). The van der Waals surface area contributed by atoms with E-state index in [0.717, 1.165) is 32.5 Å². The minimum Gasteiger partial charge on any atom is -0.366 e. The van der Waals surface area contributed by atoms with Gasteiger partial charge in [0, 0.05) is 24.5 Å². The highest BCUT2D eigenvalue weighted by Gasteiger charge is 2.25. The second-order valence-corrected chi connectivity index (χ2v) is 7.15. The summed E-state index contributed by atoms with van der Waals surface area (Å²) in [6.07, 6.45) is 6.58. The maximum Gasteiger partial charge on any atom is 0.246 e. The van der Waals surface area contributed by atoms with E-state index < -0.39 is 15.5 Å². The SMILES string of the molecule is CCCCN1CCC(NS(=O)(=O)c2c[nH]ccc2=O)CC1. The van der Waals surface area contributed by atoms with E-state index in [4.69, 9.17) is 0 Å². The van der Waals surface area contributed by atoms with Crippen LogP contribution in [0.4, 0.5) is 0 Å². The molecule has 1 aliphatic rings. The van der Waals surface area contributed by atoms with Gasteiger partial charge in [-0.15, -0.1) is 0 Å². The topological polar surface area (TPSA) is 82.3 Å². The summed E-state index contributed by atoms with van der Waals surface area (Å²) in [6, 6.07) is 1.13. The zero-order valence-corrected chi connectivity index (χ0v) is 13.2. The molecule has 0 saturated carbocycles. The Morgan fingerprint density at radius 2 is 2.10 bits per heavy atom. The number of likely N-dealkylation sites (tertiary alicyclic amines) is 1. The summed E-state index contributed by atoms with van der Waals surface area (Å²) in [4.78, 5) is 16.4. The fraction of sp³-hybridized carbons (Fsp3) is 0.643. The van der Waals surface area contributed by atoms with Crippen LogP contribution in [0, 0.1) is 0 Å². The van der Waals surface area contributed by atoms with E-state index in [1.807, 2.05) is 0 Å². The van der Waals surface area contributed by atoms with E-state index in [2.05, 4.69) is 21.5 Å². The number of sulfonamides is 1. The molecular weight excluding hydrogens is 290 g/mol. The fourth-order valence-electron chi connectivity index (χ4n) is 2.55. The van der Waals surface area contributed by atoms with Crippen molar-refractivity contribution < 1.29 is 8.42 Å². The Morgan fingerprint density at radius 1 is 1.38 bits per heavy atom. The molecule has 7 heteroatoms. The van der Waals surface area contributed by atoms with Gasteiger partial charge in [0.25, 0.3) is 0 Å². The van der Waals surface area contributed by atoms with Gasteiger partial charge >= 0.3 is 0 Å². The number of hydrogen-bond acceptors (Lipinski definition) is 4. The molecule has 0 aliphatic carbocycles. The molecule has 2 rings (SSSR count). The molecule has 0 atom stereocenters. The largest absolute Gasteiger partial charge is 0.366 e. The second-order valence-electron chi connectivity index (χ2n) is 5.46. The van der Waals surface area contributed by atoms with Crippen molar-refractivity contribution in [2.75, 3.05) is 19.6 Å². The Balaban J connectivity index is 1.94. The van der Waals surface area contributed by atoms with Crippen LogP contribution in [0.25, 0.3) is 0 Å². The molecule has 0 aromatic carbocycles. The Bertz CT molecular complexity index is 604. The summed E-state index contributed by atoms with van der Waals surface area (Å²) in [6.45, 7) is 5.04. The Kier molecular flexibility index (Phi) is 5.55. The van der Waals surface area contributed by atoms with Crippen molar-refractivity contribution in [3.05, 3.63) is 28.7 Å². The molecular formula is C14H23N3O3S. The van der Waals surface area contributed by atoms with E-state index in [9.17, 15) is 13.2 Å². The van der Waals surface area contributed by atoms with Gasteiger partial charge in [0.1, 0.15) is 4.90 Å². The summed E-state index contributed by atoms with van der Waals surface area (Å²) in [5.41, 5.74) is -0.485. The van der Waals surface area contributed by atoms with Crippen molar-refractivity contribution in [1.82, 2.24) is 14.6 Å². The van der Waals surface area contributed by atoms with Crippen molar-refractivity contribution in [3.63, 3.8) is 0 Å². The first-order valence-electron chi connectivity index (χ1n) is 7.44. The van der Waals surface area contributed by atoms with Crippen LogP contribution in [0.2, 0.25) is 0 Å². The molecule has 1 aromatic heterocycles. The molecule has 6 nitrogen and oxygen atoms in total. The predicted octanol–water partition coefficient (Wildman–Crippen LogP) is 0.918. The maximum absolute atomic E-state index is 12.2. The number of unbranched alkanes of at least 4 members (excludes halogenated alkanes) is 1. The molecule has 1 saturated heterocycles. The van der Waals surface area contributed by atoms with E-state index in [-0.39, 0.29) is 10.9 Å². The number of piperidine rings is 1. The van der Waals surface area contributed by atoms with Gasteiger partial charge < -0.3 is 9.88 Å². The molecule has 0 bridgehead atoms. The van der Waals surface area contributed by atoms with E-state index in [1.54, 1.807) is 0 Å². The lowest BCUT2D eigenvalue weighted by Crippen LogP contribution is -2.45. The van der Waals surface area contributed by atoms with Crippen molar-refractivity contribution in [1.29, 1.82) is 0 Å². The smallest absolute Gasteiger partial charge is 0.246 e. The van der Waals surface area contributed by atoms with Crippen molar-refractivity contribution in [2.24, 2.45) is 0 Å². The zero-order chi connectivity index (χ0) is 15.3. The quantitative estimate of drug-likeness (QED) is 0.818. The van der Waals surface area contributed by atoms with Gasteiger partial charge in [-0.1, -0.05) is 13.3 Å². The van der Waals surface area contributed by atoms with E-state index in [0.29, 0.717) is 0 Å². The normalized spacial score (nSPS) is 18.0. The van der Waals surface area contributed by atoms with Crippen LogP contribution in [0.1, 0.15) is 32.6 Å². The van der Waals surface area contributed by atoms with Crippen molar-refractivity contribution >= 4 is 10.0 Å². The maximum atomic E-state index is 12.2. The molecule has 118 valence electrons. The minimum absolute atomic E-state index is 0.0903. The number of aromatic nitrogens is 1. The Labute approximate surface area is 125 Å². The summed E-state index contributed by atoms with van der Waals surface area (Å²) >= 11 is 0. The van der Waals surface area contributed by atoms with Crippen molar-refractivity contribution in [2.45, 2.75) is 43.5 Å². The monoisotopic (exact) mass is 313 g/mol. The lowest BCUT2D eigenvalue weighted by Gasteiger charge is -2.32. The third kappa shape index (κ3) is 4.39. The zero-order valence-electron chi connectivity index (χ0n) is 12.3. The van der Waals surface area contributed by atoms with Crippen molar-refractivity contribution in [3.8, 4) is 0 Å². The van der Waals surface area contributed by atoms with Crippen LogP contribution >= 0.6 is 0 Å². The van der Waals surface area contributed by atoms with Gasteiger partial charge in [0.05, 0.1) is 0 Å². The second kappa shape index (κ2) is 7.20. The van der Waals surface area contributed by atoms with Crippen LogP contribution in [0.15, 0.2) is 28.2 Å². The molecule has 0 radical (unpaired) electrons. The van der Waals surface area contributed by atoms with Gasteiger partial charge in [-0.2, -0.15) is 0 Å². The number of nitrogens with one attached hydrogen (secondary N) is 2. The van der Waals surface area contributed by atoms with Gasteiger partial charge in [-0.25, -0.2) is 13.1 Å². The summed E-state index contributed by atoms with van der Waals surface area (Å²) in [5.74, 6) is 0. The average Bonchev–Trinajstić information content (AvgIpc) is 2.46. The van der Waals surface area contributed by atoms with Gasteiger partial charge in [0.15, 0.2) is 0 Å². The van der Waals surface area contributed by atoms with Crippen LogP contribution in [0.5, 0.6) is 0 Å². The molecule has 1 fully saturated rings. The van der Waals surface area contributed by atoms with Crippen LogP contribution in [-0.2, 0) is 10.0 Å². The number of hydrogen-bond donors (Lipinski definition) is 2. The van der Waals surface area contributed by atoms with Crippen LogP contribution < -0.4 is 10.2 Å². The van der Waals surface area contributed by atoms with Gasteiger partial charge in [-0.05, 0) is 38.9 Å². The Morgan fingerprint density at radius 3 is 2.71 bits per heavy atom. The lowest BCUT2D eigenvalue weighted by molar-refractivity contribution is 0.205. The highest BCUT2D eigenvalue weighted by atomic mass is 32.2. The van der Waals surface area contributed by atoms with Gasteiger partial charge in [-0.3, -0.25) is 4.79 Å². The number of nitrogens with zero attached hydrogens (tertiary/aromatic N) is 1. The Hall–Kier alpha value is -1.18. The number of aromatic amines is 1.